The van der Waals surface area contributed by atoms with Crippen LogP contribution < -0.4 is 11.2 Å². The molecule has 2 rings (SSSR count). The van der Waals surface area contributed by atoms with E-state index < -0.39 is 0 Å². The van der Waals surface area contributed by atoms with Gasteiger partial charge in [-0.1, -0.05) is 11.6 Å². The van der Waals surface area contributed by atoms with E-state index in [1.165, 1.54) is 6.21 Å². The summed E-state index contributed by atoms with van der Waals surface area (Å²) >= 11 is 0. The number of aromatic hydroxyl groups is 1. The van der Waals surface area contributed by atoms with Gasteiger partial charge in [-0.25, -0.2) is 5.43 Å². The predicted molar refractivity (Wildman–Crippen MR) is 78.8 cm³/mol. The molecule has 0 unspecified atom stereocenters. The van der Waals surface area contributed by atoms with Crippen molar-refractivity contribution in [3.05, 3.63) is 59.2 Å². The molecule has 0 fully saturated rings. The van der Waals surface area contributed by atoms with Crippen LogP contribution in [0.2, 0.25) is 0 Å². The highest BCUT2D eigenvalue weighted by Gasteiger charge is 2.03. The number of rotatable bonds is 3. The van der Waals surface area contributed by atoms with E-state index in [0.29, 0.717) is 16.8 Å². The van der Waals surface area contributed by atoms with Crippen LogP contribution in [0.5, 0.6) is 5.75 Å². The number of amides is 1. The molecule has 4 N–H and O–H groups in total. The Morgan fingerprint density at radius 1 is 1.25 bits per heavy atom. The number of phenols is 1. The number of phenolic OH excluding ortho intramolecular Hbond substituents is 1. The van der Waals surface area contributed by atoms with Crippen molar-refractivity contribution in [3.63, 3.8) is 0 Å². The van der Waals surface area contributed by atoms with Gasteiger partial charge in [0.05, 0.1) is 6.21 Å². The van der Waals surface area contributed by atoms with Crippen LogP contribution in [0.4, 0.5) is 5.69 Å². The van der Waals surface area contributed by atoms with Crippen molar-refractivity contribution < 1.29 is 9.90 Å². The zero-order valence-corrected chi connectivity index (χ0v) is 11.0. The Morgan fingerprint density at radius 2 is 1.95 bits per heavy atom. The van der Waals surface area contributed by atoms with E-state index in [-0.39, 0.29) is 11.7 Å². The fourth-order valence-electron chi connectivity index (χ4n) is 1.64. The monoisotopic (exact) mass is 269 g/mol. The summed E-state index contributed by atoms with van der Waals surface area (Å²) in [6, 6.07) is 11.7. The highest BCUT2D eigenvalue weighted by atomic mass is 16.3. The molecule has 0 aliphatic carbocycles. The number of hydrogen-bond donors (Lipinski definition) is 3. The van der Waals surface area contributed by atoms with Gasteiger partial charge in [0.25, 0.3) is 5.91 Å². The second-order valence-corrected chi connectivity index (χ2v) is 4.38. The summed E-state index contributed by atoms with van der Waals surface area (Å²) in [5.74, 6) is -0.227. The average molecular weight is 269 g/mol. The minimum absolute atomic E-state index is 0.112. The number of nitrogens with one attached hydrogen (secondary N) is 1. The third-order valence-corrected chi connectivity index (χ3v) is 2.73. The molecular weight excluding hydrogens is 254 g/mol. The Kier molecular flexibility index (Phi) is 4.00. The van der Waals surface area contributed by atoms with Crippen LogP contribution in [-0.2, 0) is 0 Å². The van der Waals surface area contributed by atoms with E-state index in [2.05, 4.69) is 10.5 Å². The topological polar surface area (TPSA) is 87.7 Å². The third-order valence-electron chi connectivity index (χ3n) is 2.73. The van der Waals surface area contributed by atoms with Gasteiger partial charge in [-0.05, 0) is 43.3 Å². The molecule has 0 aliphatic heterocycles. The van der Waals surface area contributed by atoms with Crippen LogP contribution in [0.3, 0.4) is 0 Å². The van der Waals surface area contributed by atoms with Gasteiger partial charge in [0.1, 0.15) is 5.75 Å². The van der Waals surface area contributed by atoms with Gasteiger partial charge in [-0.15, -0.1) is 0 Å². The van der Waals surface area contributed by atoms with E-state index in [1.54, 1.807) is 42.5 Å². The zero-order chi connectivity index (χ0) is 14.5. The van der Waals surface area contributed by atoms with Gasteiger partial charge in [-0.2, -0.15) is 5.10 Å². The summed E-state index contributed by atoms with van der Waals surface area (Å²) in [4.78, 5) is 11.8. The lowest BCUT2D eigenvalue weighted by atomic mass is 10.1. The fraction of sp³-hybridized carbons (Fsp3) is 0.0667. The summed E-state index contributed by atoms with van der Waals surface area (Å²) in [5.41, 5.74) is 10.5. The van der Waals surface area contributed by atoms with Gasteiger partial charge < -0.3 is 10.8 Å². The van der Waals surface area contributed by atoms with Crippen molar-refractivity contribution >= 4 is 17.8 Å². The normalized spacial score (nSPS) is 10.7. The summed E-state index contributed by atoms with van der Waals surface area (Å²) in [6.45, 7) is 1.91. The number of aryl methyl sites for hydroxylation is 1. The summed E-state index contributed by atoms with van der Waals surface area (Å²) in [7, 11) is 0. The van der Waals surface area contributed by atoms with Crippen molar-refractivity contribution in [2.75, 3.05) is 5.73 Å². The summed E-state index contributed by atoms with van der Waals surface area (Å²) < 4.78 is 0. The minimum Gasteiger partial charge on any atom is -0.507 e. The number of nitrogen functional groups attached to an aromatic ring is 1. The Hall–Kier alpha value is -2.82. The lowest BCUT2D eigenvalue weighted by Gasteiger charge is -2.02. The molecule has 0 heterocycles. The maximum absolute atomic E-state index is 11.8. The van der Waals surface area contributed by atoms with Crippen LogP contribution >= 0.6 is 0 Å². The second kappa shape index (κ2) is 5.88. The molecule has 0 saturated carbocycles. The number of nitrogens with two attached hydrogens (primary N) is 1. The standard InChI is InChI=1S/C15H15N3O2/c1-10-2-7-14(19)12(8-10)9-17-18-15(20)11-3-5-13(16)6-4-11/h2-9,19H,16H2,1H3,(H,18,20)/b17-9+. The van der Waals surface area contributed by atoms with Crippen molar-refractivity contribution in [3.8, 4) is 5.75 Å². The zero-order valence-electron chi connectivity index (χ0n) is 11.0. The molecule has 0 atom stereocenters. The van der Waals surface area contributed by atoms with Gasteiger partial charge in [0.15, 0.2) is 0 Å². The molecule has 0 radical (unpaired) electrons. The molecule has 2 aromatic rings. The van der Waals surface area contributed by atoms with E-state index in [9.17, 15) is 9.90 Å². The van der Waals surface area contributed by atoms with E-state index in [1.807, 2.05) is 6.92 Å². The first-order chi connectivity index (χ1) is 9.56. The molecule has 0 bridgehead atoms. The third kappa shape index (κ3) is 3.35. The molecular formula is C15H15N3O2. The van der Waals surface area contributed by atoms with Gasteiger partial charge in [0, 0.05) is 16.8 Å². The van der Waals surface area contributed by atoms with E-state index in [0.717, 1.165) is 5.56 Å². The van der Waals surface area contributed by atoms with Crippen LogP contribution in [0.25, 0.3) is 0 Å². The van der Waals surface area contributed by atoms with Crippen LogP contribution in [-0.4, -0.2) is 17.2 Å². The molecule has 0 aromatic heterocycles. The Labute approximate surface area is 116 Å². The Morgan fingerprint density at radius 3 is 2.65 bits per heavy atom. The lowest BCUT2D eigenvalue weighted by Crippen LogP contribution is -2.17. The van der Waals surface area contributed by atoms with Crippen LogP contribution in [0.15, 0.2) is 47.6 Å². The fourth-order valence-corrected chi connectivity index (χ4v) is 1.64. The molecule has 5 heteroatoms. The molecule has 0 spiro atoms. The first-order valence-electron chi connectivity index (χ1n) is 6.05. The van der Waals surface area contributed by atoms with Crippen molar-refractivity contribution in [2.45, 2.75) is 6.92 Å². The number of hydrogen-bond acceptors (Lipinski definition) is 4. The highest BCUT2D eigenvalue weighted by molar-refractivity contribution is 5.95. The summed E-state index contributed by atoms with van der Waals surface area (Å²) in [6.07, 6.45) is 1.40. The second-order valence-electron chi connectivity index (χ2n) is 4.38. The molecule has 0 saturated heterocycles. The highest BCUT2D eigenvalue weighted by Crippen LogP contribution is 2.15. The molecule has 5 nitrogen and oxygen atoms in total. The number of benzene rings is 2. The predicted octanol–water partition coefficient (Wildman–Crippen LogP) is 2.05. The average Bonchev–Trinajstić information content (AvgIpc) is 2.43. The number of hydrazone groups is 1. The number of carbonyl (C=O) groups is 1. The Balaban J connectivity index is 2.04. The van der Waals surface area contributed by atoms with E-state index in [4.69, 9.17) is 5.73 Å². The molecule has 2 aromatic carbocycles. The van der Waals surface area contributed by atoms with Crippen molar-refractivity contribution in [2.24, 2.45) is 5.10 Å². The number of anilines is 1. The maximum atomic E-state index is 11.8. The van der Waals surface area contributed by atoms with Gasteiger partial charge in [0.2, 0.25) is 0 Å². The maximum Gasteiger partial charge on any atom is 0.271 e. The SMILES string of the molecule is Cc1ccc(O)c(/C=N/NC(=O)c2ccc(N)cc2)c1. The molecule has 20 heavy (non-hydrogen) atoms. The van der Waals surface area contributed by atoms with Crippen molar-refractivity contribution in [1.82, 2.24) is 5.43 Å². The number of carbonyl (C=O) groups excluding carboxylic acids is 1. The summed E-state index contributed by atoms with van der Waals surface area (Å²) in [5, 5.41) is 13.5. The largest absolute Gasteiger partial charge is 0.507 e. The van der Waals surface area contributed by atoms with E-state index >= 15 is 0 Å². The quantitative estimate of drug-likeness (QED) is 0.452. The van der Waals surface area contributed by atoms with Gasteiger partial charge in [-0.3, -0.25) is 4.79 Å². The molecule has 0 aliphatic rings. The first-order valence-corrected chi connectivity index (χ1v) is 6.05. The smallest absolute Gasteiger partial charge is 0.271 e. The molecule has 1 amide bonds. The minimum atomic E-state index is -0.339. The van der Waals surface area contributed by atoms with Crippen molar-refractivity contribution in [1.29, 1.82) is 0 Å². The first kappa shape index (κ1) is 13.6. The molecule has 102 valence electrons. The van der Waals surface area contributed by atoms with Gasteiger partial charge >= 0.3 is 0 Å². The van der Waals surface area contributed by atoms with Crippen LogP contribution in [0, 0.1) is 6.92 Å². The van der Waals surface area contributed by atoms with Crippen LogP contribution in [0.1, 0.15) is 21.5 Å². The Bertz CT molecular complexity index is 649. The lowest BCUT2D eigenvalue weighted by molar-refractivity contribution is 0.0955. The number of nitrogens with zero attached hydrogens (tertiary/aromatic N) is 1.